The Labute approximate surface area is 118 Å². The van der Waals surface area contributed by atoms with Crippen LogP contribution in [0.2, 0.25) is 5.15 Å². The smallest absolute Gasteiger partial charge is 0.341 e. The largest absolute Gasteiger partial charge is 0.461 e. The van der Waals surface area contributed by atoms with Gasteiger partial charge in [0.25, 0.3) is 0 Å². The van der Waals surface area contributed by atoms with Crippen LogP contribution in [0.5, 0.6) is 0 Å². The number of carbonyl (C=O) groups excluding carboxylic acids is 1. The summed E-state index contributed by atoms with van der Waals surface area (Å²) in [5.74, 6) is -0.449. The Balaban J connectivity index is 2.44. The Hall–Kier alpha value is -1.13. The quantitative estimate of drug-likeness (QED) is 0.489. The summed E-state index contributed by atoms with van der Waals surface area (Å²) < 4.78 is 5.03. The van der Waals surface area contributed by atoms with Crippen molar-refractivity contribution in [3.63, 3.8) is 0 Å². The molecule has 0 aliphatic heterocycles. The van der Waals surface area contributed by atoms with E-state index < -0.39 is 5.97 Å². The molecular weight excluding hydrogens is 318 g/mol. The first kappa shape index (κ1) is 13.3. The number of benzene rings is 1. The fourth-order valence-electron chi connectivity index (χ4n) is 1.62. The number of pyridine rings is 1. The van der Waals surface area contributed by atoms with Gasteiger partial charge in [-0.1, -0.05) is 39.2 Å². The van der Waals surface area contributed by atoms with Gasteiger partial charge in [-0.05, 0) is 25.1 Å². The van der Waals surface area contributed by atoms with Crippen LogP contribution in [-0.4, -0.2) is 22.9 Å². The monoisotopic (exact) mass is 327 g/mol. The molecule has 0 unspecified atom stereocenters. The van der Waals surface area contributed by atoms with Gasteiger partial charge >= 0.3 is 5.97 Å². The van der Waals surface area contributed by atoms with Crippen molar-refractivity contribution in [3.8, 4) is 0 Å². The van der Waals surface area contributed by atoms with Gasteiger partial charge in [-0.15, -0.1) is 0 Å². The summed E-state index contributed by atoms with van der Waals surface area (Å²) in [6.45, 7) is 2.29. The summed E-state index contributed by atoms with van der Waals surface area (Å²) >= 11 is 9.19. The third kappa shape index (κ3) is 2.82. The van der Waals surface area contributed by atoms with Crippen LogP contribution < -0.4 is 0 Å². The summed E-state index contributed by atoms with van der Waals surface area (Å²) in [6, 6.07) is 7.51. The van der Waals surface area contributed by atoms with Crippen molar-refractivity contribution < 1.29 is 9.53 Å². The van der Waals surface area contributed by atoms with Gasteiger partial charge in [0.05, 0.1) is 11.1 Å². The van der Waals surface area contributed by atoms with Crippen LogP contribution in [0.1, 0.15) is 15.9 Å². The lowest BCUT2D eigenvalue weighted by molar-refractivity contribution is 0.0531. The summed E-state index contributed by atoms with van der Waals surface area (Å²) in [5.41, 5.74) is 2.17. The van der Waals surface area contributed by atoms with E-state index in [1.807, 2.05) is 25.1 Å². The number of hydrogen-bond donors (Lipinski definition) is 0. The molecule has 18 heavy (non-hydrogen) atoms. The number of aromatic nitrogens is 1. The molecule has 0 radical (unpaired) electrons. The standard InChI is InChI=1S/C13H11BrClNO2/c1-8-2-3-11-9(6-8)7-10(12(15)16-11)13(17)18-5-4-14/h2-3,6-7H,4-5H2,1H3. The topological polar surface area (TPSA) is 39.2 Å². The Kier molecular flexibility index (Phi) is 4.19. The number of carbonyl (C=O) groups is 1. The van der Waals surface area contributed by atoms with E-state index in [-0.39, 0.29) is 5.15 Å². The number of hydrogen-bond acceptors (Lipinski definition) is 3. The Morgan fingerprint density at radius 3 is 2.94 bits per heavy atom. The molecule has 3 nitrogen and oxygen atoms in total. The number of fused-ring (bicyclic) bond motifs is 1. The lowest BCUT2D eigenvalue weighted by atomic mass is 10.1. The molecule has 0 fully saturated rings. The first-order valence-corrected chi connectivity index (χ1v) is 6.92. The SMILES string of the molecule is Cc1ccc2nc(Cl)c(C(=O)OCCBr)cc2c1. The fraction of sp³-hybridized carbons (Fsp3) is 0.231. The molecule has 1 aromatic carbocycles. The molecule has 0 aliphatic carbocycles. The van der Waals surface area contributed by atoms with Gasteiger partial charge in [0.2, 0.25) is 0 Å². The minimum Gasteiger partial charge on any atom is -0.461 e. The highest BCUT2D eigenvalue weighted by molar-refractivity contribution is 9.09. The zero-order valence-electron chi connectivity index (χ0n) is 9.74. The summed E-state index contributed by atoms with van der Waals surface area (Å²) in [7, 11) is 0. The maximum absolute atomic E-state index is 11.8. The minimum absolute atomic E-state index is 0.172. The van der Waals surface area contributed by atoms with Gasteiger partial charge in [0.15, 0.2) is 0 Å². The number of alkyl halides is 1. The van der Waals surface area contributed by atoms with Crippen molar-refractivity contribution in [2.75, 3.05) is 11.9 Å². The molecule has 0 bridgehead atoms. The van der Waals surface area contributed by atoms with Gasteiger partial charge in [0, 0.05) is 10.7 Å². The van der Waals surface area contributed by atoms with E-state index in [0.29, 0.717) is 17.5 Å². The third-order valence-corrected chi connectivity index (χ3v) is 3.07. The number of esters is 1. The molecule has 0 spiro atoms. The molecule has 5 heteroatoms. The molecule has 0 amide bonds. The van der Waals surface area contributed by atoms with Gasteiger partial charge in [-0.2, -0.15) is 0 Å². The minimum atomic E-state index is -0.449. The second-order valence-electron chi connectivity index (χ2n) is 3.85. The predicted octanol–water partition coefficient (Wildman–Crippen LogP) is 3.75. The van der Waals surface area contributed by atoms with E-state index in [1.54, 1.807) is 6.07 Å². The van der Waals surface area contributed by atoms with Crippen LogP contribution in [0.4, 0.5) is 0 Å². The van der Waals surface area contributed by atoms with Crippen molar-refractivity contribution in [1.29, 1.82) is 0 Å². The molecule has 0 aliphatic rings. The number of rotatable bonds is 3. The maximum atomic E-state index is 11.8. The van der Waals surface area contributed by atoms with Crippen molar-refractivity contribution in [2.24, 2.45) is 0 Å². The first-order chi connectivity index (χ1) is 8.61. The Morgan fingerprint density at radius 2 is 2.22 bits per heavy atom. The van der Waals surface area contributed by atoms with Crippen LogP contribution in [-0.2, 0) is 4.74 Å². The molecule has 0 atom stereocenters. The number of aryl methyl sites for hydroxylation is 1. The Bertz CT molecular complexity index is 601. The molecule has 1 aromatic heterocycles. The van der Waals surface area contributed by atoms with Crippen LogP contribution >= 0.6 is 27.5 Å². The molecule has 0 saturated heterocycles. The number of ether oxygens (including phenoxy) is 1. The maximum Gasteiger partial charge on any atom is 0.341 e. The van der Waals surface area contributed by atoms with E-state index in [0.717, 1.165) is 16.5 Å². The first-order valence-electron chi connectivity index (χ1n) is 5.42. The molecule has 2 rings (SSSR count). The summed E-state index contributed by atoms with van der Waals surface area (Å²) in [5, 5.41) is 1.65. The van der Waals surface area contributed by atoms with Crippen LogP contribution in [0.25, 0.3) is 10.9 Å². The van der Waals surface area contributed by atoms with Crippen molar-refractivity contribution >= 4 is 44.4 Å². The van der Waals surface area contributed by atoms with E-state index in [2.05, 4.69) is 20.9 Å². The average molecular weight is 329 g/mol. The molecule has 0 N–H and O–H groups in total. The average Bonchev–Trinajstić information content (AvgIpc) is 2.35. The zero-order chi connectivity index (χ0) is 13.1. The molecule has 0 saturated carbocycles. The van der Waals surface area contributed by atoms with Crippen LogP contribution in [0, 0.1) is 6.92 Å². The van der Waals surface area contributed by atoms with Gasteiger partial charge in [-0.25, -0.2) is 9.78 Å². The van der Waals surface area contributed by atoms with E-state index in [1.165, 1.54) is 0 Å². The van der Waals surface area contributed by atoms with Crippen molar-refractivity contribution in [2.45, 2.75) is 6.92 Å². The highest BCUT2D eigenvalue weighted by Crippen LogP contribution is 2.22. The normalized spacial score (nSPS) is 10.6. The zero-order valence-corrected chi connectivity index (χ0v) is 12.1. The number of halogens is 2. The molecule has 1 heterocycles. The summed E-state index contributed by atoms with van der Waals surface area (Å²) in [4.78, 5) is 16.0. The van der Waals surface area contributed by atoms with Gasteiger partial charge in [-0.3, -0.25) is 0 Å². The highest BCUT2D eigenvalue weighted by Gasteiger charge is 2.14. The van der Waals surface area contributed by atoms with E-state index >= 15 is 0 Å². The predicted molar refractivity (Wildman–Crippen MR) is 75.6 cm³/mol. The Morgan fingerprint density at radius 1 is 1.44 bits per heavy atom. The molecular formula is C13H11BrClNO2. The third-order valence-electron chi connectivity index (χ3n) is 2.45. The van der Waals surface area contributed by atoms with Crippen molar-refractivity contribution in [1.82, 2.24) is 4.98 Å². The molecule has 2 aromatic rings. The molecule has 94 valence electrons. The highest BCUT2D eigenvalue weighted by atomic mass is 79.9. The van der Waals surface area contributed by atoms with Gasteiger partial charge < -0.3 is 4.74 Å². The van der Waals surface area contributed by atoms with Gasteiger partial charge in [0.1, 0.15) is 11.8 Å². The number of nitrogens with zero attached hydrogens (tertiary/aromatic N) is 1. The van der Waals surface area contributed by atoms with E-state index in [9.17, 15) is 4.79 Å². The van der Waals surface area contributed by atoms with E-state index in [4.69, 9.17) is 16.3 Å². The lowest BCUT2D eigenvalue weighted by Crippen LogP contribution is -2.08. The summed E-state index contributed by atoms with van der Waals surface area (Å²) in [6.07, 6.45) is 0. The lowest BCUT2D eigenvalue weighted by Gasteiger charge is -2.06. The van der Waals surface area contributed by atoms with Crippen LogP contribution in [0.3, 0.4) is 0 Å². The second kappa shape index (κ2) is 5.67. The second-order valence-corrected chi connectivity index (χ2v) is 5.00. The fourth-order valence-corrected chi connectivity index (χ4v) is 2.01. The van der Waals surface area contributed by atoms with Crippen LogP contribution in [0.15, 0.2) is 24.3 Å². The van der Waals surface area contributed by atoms with Crippen molar-refractivity contribution in [3.05, 3.63) is 40.5 Å².